The van der Waals surface area contributed by atoms with E-state index in [0.717, 1.165) is 18.7 Å². The van der Waals surface area contributed by atoms with Gasteiger partial charge in [0.25, 0.3) is 0 Å². The summed E-state index contributed by atoms with van der Waals surface area (Å²) in [5.41, 5.74) is 6.99. The molecule has 2 aromatic rings. The highest BCUT2D eigenvalue weighted by atomic mass is 16.4. The fourth-order valence-electron chi connectivity index (χ4n) is 2.87. The van der Waals surface area contributed by atoms with Crippen molar-refractivity contribution in [1.82, 2.24) is 15.1 Å². The number of aromatic nitrogens is 2. The molecule has 0 amide bonds. The molecule has 1 aromatic carbocycles. The van der Waals surface area contributed by atoms with E-state index >= 15 is 0 Å². The number of nitrogens with two attached hydrogens (primary N) is 1. The molecule has 2 atom stereocenters. The molecule has 1 fully saturated rings. The molecule has 1 aromatic heterocycles. The van der Waals surface area contributed by atoms with Crippen molar-refractivity contribution in [2.75, 3.05) is 13.1 Å². The average Bonchev–Trinajstić information content (AvgIpc) is 2.97. The Balaban J connectivity index is 1.65. The van der Waals surface area contributed by atoms with Crippen molar-refractivity contribution in [1.29, 1.82) is 0 Å². The smallest absolute Gasteiger partial charge is 0.247 e. The van der Waals surface area contributed by atoms with Crippen molar-refractivity contribution >= 4 is 0 Å². The van der Waals surface area contributed by atoms with Crippen LogP contribution in [0.1, 0.15) is 25.7 Å². The Morgan fingerprint density at radius 2 is 2.14 bits per heavy atom. The number of piperidine rings is 1. The first-order chi connectivity index (χ1) is 10.2. The molecule has 1 saturated heterocycles. The normalized spacial score (nSPS) is 21.3. The van der Waals surface area contributed by atoms with Gasteiger partial charge in [-0.3, -0.25) is 4.90 Å². The molecule has 0 saturated carbocycles. The predicted octanol–water partition coefficient (Wildman–Crippen LogP) is 2.30. The van der Waals surface area contributed by atoms with Gasteiger partial charge in [-0.2, -0.15) is 0 Å². The molecule has 0 radical (unpaired) electrons. The van der Waals surface area contributed by atoms with Crippen LogP contribution < -0.4 is 5.73 Å². The van der Waals surface area contributed by atoms with E-state index in [9.17, 15) is 0 Å². The van der Waals surface area contributed by atoms with Gasteiger partial charge in [0.2, 0.25) is 11.8 Å². The van der Waals surface area contributed by atoms with Gasteiger partial charge < -0.3 is 10.2 Å². The third-order valence-electron chi connectivity index (χ3n) is 4.13. The van der Waals surface area contributed by atoms with Crippen molar-refractivity contribution in [3.8, 4) is 11.5 Å². The molecule has 0 aliphatic carbocycles. The first-order valence-electron chi connectivity index (χ1n) is 7.58. The largest absolute Gasteiger partial charge is 0.419 e. The summed E-state index contributed by atoms with van der Waals surface area (Å²) in [6.45, 7) is 4.89. The summed E-state index contributed by atoms with van der Waals surface area (Å²) in [6.07, 6.45) is 2.40. The zero-order chi connectivity index (χ0) is 14.7. The predicted molar refractivity (Wildman–Crippen MR) is 81.4 cm³/mol. The van der Waals surface area contributed by atoms with Crippen LogP contribution in [0.15, 0.2) is 34.7 Å². The number of hydrogen-bond acceptors (Lipinski definition) is 5. The van der Waals surface area contributed by atoms with E-state index in [4.69, 9.17) is 10.2 Å². The van der Waals surface area contributed by atoms with Gasteiger partial charge in [-0.15, -0.1) is 10.2 Å². The lowest BCUT2D eigenvalue weighted by Gasteiger charge is -2.33. The van der Waals surface area contributed by atoms with Gasteiger partial charge in [0, 0.05) is 18.2 Å². The van der Waals surface area contributed by atoms with E-state index in [1.54, 1.807) is 0 Å². The lowest BCUT2D eigenvalue weighted by molar-refractivity contribution is 0.143. The minimum atomic E-state index is 0.246. The second-order valence-corrected chi connectivity index (χ2v) is 5.86. The molecular weight excluding hydrogens is 264 g/mol. The summed E-state index contributed by atoms with van der Waals surface area (Å²) >= 11 is 0. The third-order valence-corrected chi connectivity index (χ3v) is 4.13. The Morgan fingerprint density at radius 1 is 1.33 bits per heavy atom. The van der Waals surface area contributed by atoms with Gasteiger partial charge >= 0.3 is 0 Å². The van der Waals surface area contributed by atoms with Crippen LogP contribution in [0.5, 0.6) is 0 Å². The summed E-state index contributed by atoms with van der Waals surface area (Å²) in [5, 5.41) is 8.31. The SMILES string of the molecule is CC(N)C1CCCN(Cc2nnc(-c3ccccc3)o2)C1. The van der Waals surface area contributed by atoms with Crippen LogP contribution in [0, 0.1) is 5.92 Å². The molecule has 0 spiro atoms. The third kappa shape index (κ3) is 3.49. The van der Waals surface area contributed by atoms with Gasteiger partial charge in [-0.1, -0.05) is 18.2 Å². The van der Waals surface area contributed by atoms with Gasteiger partial charge in [-0.05, 0) is 44.4 Å². The average molecular weight is 286 g/mol. The fraction of sp³-hybridized carbons (Fsp3) is 0.500. The maximum atomic E-state index is 6.02. The van der Waals surface area contributed by atoms with Crippen molar-refractivity contribution in [2.24, 2.45) is 11.7 Å². The van der Waals surface area contributed by atoms with Crippen LogP contribution in [0.3, 0.4) is 0 Å². The standard InChI is InChI=1S/C16H22N4O/c1-12(17)14-8-5-9-20(10-14)11-15-18-19-16(21-15)13-6-3-2-4-7-13/h2-4,6-7,12,14H,5,8-11,17H2,1H3. The van der Waals surface area contributed by atoms with Crippen molar-refractivity contribution < 1.29 is 4.42 Å². The van der Waals surface area contributed by atoms with Crippen LogP contribution in [-0.4, -0.2) is 34.2 Å². The number of nitrogens with zero attached hydrogens (tertiary/aromatic N) is 3. The lowest BCUT2D eigenvalue weighted by Crippen LogP contribution is -2.41. The molecule has 1 aliphatic heterocycles. The molecule has 112 valence electrons. The Morgan fingerprint density at radius 3 is 2.90 bits per heavy atom. The topological polar surface area (TPSA) is 68.2 Å². The number of hydrogen-bond donors (Lipinski definition) is 1. The van der Waals surface area contributed by atoms with Crippen LogP contribution in [0.2, 0.25) is 0 Å². The van der Waals surface area contributed by atoms with Gasteiger partial charge in [0.15, 0.2) is 0 Å². The number of likely N-dealkylation sites (tertiary alicyclic amines) is 1. The van der Waals surface area contributed by atoms with Gasteiger partial charge in [-0.25, -0.2) is 0 Å². The van der Waals surface area contributed by atoms with Gasteiger partial charge in [0.05, 0.1) is 6.54 Å². The molecule has 5 nitrogen and oxygen atoms in total. The number of benzene rings is 1. The highest BCUT2D eigenvalue weighted by molar-refractivity contribution is 5.51. The van der Waals surface area contributed by atoms with E-state index in [-0.39, 0.29) is 6.04 Å². The van der Waals surface area contributed by atoms with E-state index in [1.165, 1.54) is 12.8 Å². The molecule has 3 rings (SSSR count). The molecule has 5 heteroatoms. The Labute approximate surface area is 125 Å². The second-order valence-electron chi connectivity index (χ2n) is 5.86. The number of rotatable bonds is 4. The molecule has 2 N–H and O–H groups in total. The van der Waals surface area contributed by atoms with Crippen LogP contribution >= 0.6 is 0 Å². The highest BCUT2D eigenvalue weighted by Gasteiger charge is 2.24. The van der Waals surface area contributed by atoms with Crippen molar-refractivity contribution in [2.45, 2.75) is 32.4 Å². The lowest BCUT2D eigenvalue weighted by atomic mass is 9.92. The Kier molecular flexibility index (Phi) is 4.31. The molecular formula is C16H22N4O. The molecule has 1 aliphatic rings. The Bertz CT molecular complexity index is 567. The summed E-state index contributed by atoms with van der Waals surface area (Å²) in [6, 6.07) is 10.1. The Hall–Kier alpha value is -1.72. The monoisotopic (exact) mass is 286 g/mol. The van der Waals surface area contributed by atoms with E-state index in [2.05, 4.69) is 22.0 Å². The highest BCUT2D eigenvalue weighted by Crippen LogP contribution is 2.22. The summed E-state index contributed by atoms with van der Waals surface area (Å²) in [5.74, 6) is 1.83. The fourth-order valence-corrected chi connectivity index (χ4v) is 2.87. The van der Waals surface area contributed by atoms with E-state index in [0.29, 0.717) is 24.2 Å². The quantitative estimate of drug-likeness (QED) is 0.934. The molecule has 2 heterocycles. The van der Waals surface area contributed by atoms with E-state index < -0.39 is 0 Å². The van der Waals surface area contributed by atoms with E-state index in [1.807, 2.05) is 30.3 Å². The summed E-state index contributed by atoms with van der Waals surface area (Å²) < 4.78 is 5.77. The first kappa shape index (κ1) is 14.2. The van der Waals surface area contributed by atoms with Crippen molar-refractivity contribution in [3.63, 3.8) is 0 Å². The maximum Gasteiger partial charge on any atom is 0.247 e. The molecule has 2 unspecified atom stereocenters. The summed E-state index contributed by atoms with van der Waals surface area (Å²) in [7, 11) is 0. The van der Waals surface area contributed by atoms with Crippen LogP contribution in [0.4, 0.5) is 0 Å². The van der Waals surface area contributed by atoms with Crippen LogP contribution in [-0.2, 0) is 6.54 Å². The molecule has 0 bridgehead atoms. The minimum absolute atomic E-state index is 0.246. The van der Waals surface area contributed by atoms with Crippen molar-refractivity contribution in [3.05, 3.63) is 36.2 Å². The summed E-state index contributed by atoms with van der Waals surface area (Å²) in [4.78, 5) is 2.36. The zero-order valence-electron chi connectivity index (χ0n) is 12.4. The zero-order valence-corrected chi connectivity index (χ0v) is 12.4. The second kappa shape index (κ2) is 6.37. The van der Waals surface area contributed by atoms with Gasteiger partial charge in [0.1, 0.15) is 0 Å². The van der Waals surface area contributed by atoms with Crippen LogP contribution in [0.25, 0.3) is 11.5 Å². The molecule has 21 heavy (non-hydrogen) atoms. The first-order valence-corrected chi connectivity index (χ1v) is 7.58. The minimum Gasteiger partial charge on any atom is -0.419 e. The maximum absolute atomic E-state index is 6.02.